The van der Waals surface area contributed by atoms with Crippen LogP contribution < -0.4 is 21.3 Å². The normalized spacial score (nSPS) is 12.7. The first-order valence-corrected chi connectivity index (χ1v) is 36.7. The van der Waals surface area contributed by atoms with E-state index in [1.54, 1.807) is 32.9 Å². The van der Waals surface area contributed by atoms with E-state index in [4.69, 9.17) is 44.3 Å². The molecule has 0 heterocycles. The second-order valence-corrected chi connectivity index (χ2v) is 29.7. The number of hydrogen-bond donors (Lipinski definition) is 4. The Balaban J connectivity index is 1.07. The number of carbonyl (C=O) groups excluding carboxylic acids is 6. The molecule has 0 aliphatic rings. The quantitative estimate of drug-likeness (QED) is 0.0106. The zero-order valence-electron chi connectivity index (χ0n) is 58.4. The van der Waals surface area contributed by atoms with Crippen LogP contribution in [0.1, 0.15) is 226 Å². The summed E-state index contributed by atoms with van der Waals surface area (Å²) in [5.41, 5.74) is -0.712. The third kappa shape index (κ3) is 35.1. The Labute approximate surface area is 572 Å². The van der Waals surface area contributed by atoms with Crippen molar-refractivity contribution in [1.82, 2.24) is 21.3 Å². The molecule has 0 unspecified atom stereocenters. The van der Waals surface area contributed by atoms with E-state index in [-0.39, 0.29) is 89.5 Å². The topological polar surface area (TPSA) is 232 Å². The molecule has 2 atom stereocenters. The van der Waals surface area contributed by atoms with Gasteiger partial charge in [-0.05, 0) is 112 Å². The number of nitrogens with one attached hydrogen (secondary N) is 4. The second kappa shape index (κ2) is 43.9. The number of amides is 4. The van der Waals surface area contributed by atoms with Gasteiger partial charge in [-0.2, -0.15) is 0 Å². The van der Waals surface area contributed by atoms with E-state index < -0.39 is 60.1 Å². The Bertz CT molecular complexity index is 2840. The van der Waals surface area contributed by atoms with Crippen LogP contribution in [-0.2, 0) is 73.5 Å². The molecule has 4 N–H and O–H groups in total. The number of ether oxygens (including phenoxy) is 5. The van der Waals surface area contributed by atoms with Gasteiger partial charge in [0, 0.05) is 47.6 Å². The predicted molar refractivity (Wildman–Crippen MR) is 375 cm³/mol. The van der Waals surface area contributed by atoms with Crippen molar-refractivity contribution in [2.45, 2.75) is 245 Å². The summed E-state index contributed by atoms with van der Waals surface area (Å²) in [6, 6.07) is 32.8. The van der Waals surface area contributed by atoms with Crippen molar-refractivity contribution in [1.29, 1.82) is 0 Å². The van der Waals surface area contributed by atoms with Crippen molar-refractivity contribution >= 4 is 55.0 Å². The van der Waals surface area contributed by atoms with Gasteiger partial charge in [-0.3, -0.25) is 18.9 Å². The van der Waals surface area contributed by atoms with Crippen molar-refractivity contribution in [3.63, 3.8) is 0 Å². The first-order valence-electron chi connectivity index (χ1n) is 34.6. The van der Waals surface area contributed by atoms with Gasteiger partial charge in [0.25, 0.3) is 0 Å². The highest BCUT2D eigenvalue weighted by atomic mass is 35.5. The van der Waals surface area contributed by atoms with E-state index in [1.807, 2.05) is 145 Å². The molecule has 0 bridgehead atoms. The molecule has 0 saturated carbocycles. The van der Waals surface area contributed by atoms with Crippen LogP contribution in [-0.4, -0.2) is 110 Å². The summed E-state index contributed by atoms with van der Waals surface area (Å²) in [6.45, 7) is 17.5. The van der Waals surface area contributed by atoms with Gasteiger partial charge >= 0.3 is 25.6 Å². The third-order valence-corrected chi connectivity index (χ3v) is 18.0. The lowest BCUT2D eigenvalue weighted by Crippen LogP contribution is -2.46. The van der Waals surface area contributed by atoms with E-state index >= 15 is 0 Å². The molecule has 20 heteroatoms. The Morgan fingerprint density at radius 3 is 1.46 bits per heavy atom. The Morgan fingerprint density at radius 1 is 0.453 bits per heavy atom. The van der Waals surface area contributed by atoms with E-state index in [9.17, 15) is 33.3 Å². The Morgan fingerprint density at radius 2 is 0.926 bits per heavy atom. The molecule has 0 radical (unpaired) electrons. The molecule has 18 nitrogen and oxygen atoms in total. The Kier molecular flexibility index (Phi) is 37.6. The van der Waals surface area contributed by atoms with Crippen LogP contribution in [0.25, 0.3) is 0 Å². The van der Waals surface area contributed by atoms with Crippen LogP contribution in [0, 0.1) is 0 Å². The van der Waals surface area contributed by atoms with Gasteiger partial charge in [-0.25, -0.2) is 14.4 Å². The summed E-state index contributed by atoms with van der Waals surface area (Å²) < 4.78 is 54.1. The van der Waals surface area contributed by atoms with Gasteiger partial charge in [-0.1, -0.05) is 211 Å². The van der Waals surface area contributed by atoms with Crippen LogP contribution in [0.5, 0.6) is 0 Å². The van der Waals surface area contributed by atoms with Gasteiger partial charge < -0.3 is 54.0 Å². The number of carbonyl (C=O) groups is 6. The smallest absolute Gasteiger partial charge is 0.408 e. The molecule has 0 aromatic heterocycles. The standard InChI is InChI=1S/C75H112ClN4O14P/c1-72(2,3)91-69(84)65(79-67(82)48-33-22-20-18-16-14-12-10-11-13-15-17-19-21-23-38-56-95(87,93-73(4,5)6)94-74(7,8)9)49-50-66(81)78-52-53-88-54-55-89-58-68(83)77-51-37-36-47-64(80-71(86)90-57-59-39-27-24-28-40-59)70(85)92-75(60-41-29-25-30-42-60,61-43-31-26-32-44-61)62-45-34-35-46-63(62)76/h24-32,34-35,39-46,64-65H,10-23,33,36-38,47-58H2,1-9H3,(H,77,83)(H,78,81)(H,79,82)(H,80,86)/t64-,65-/m0/s1. The fourth-order valence-electron chi connectivity index (χ4n) is 10.8. The van der Waals surface area contributed by atoms with E-state index in [2.05, 4.69) is 21.3 Å². The molecule has 4 amide bonds. The third-order valence-electron chi connectivity index (χ3n) is 15.2. The fraction of sp³-hybridized carbons (Fsp3) is 0.600. The maximum atomic E-state index is 14.6. The number of unbranched alkanes of at least 4 members (excludes halogenated alkanes) is 16. The number of esters is 2. The average Bonchev–Trinajstić information content (AvgIpc) is 0.748. The van der Waals surface area contributed by atoms with Gasteiger partial charge in [-0.15, -0.1) is 0 Å². The summed E-state index contributed by atoms with van der Waals surface area (Å²) in [4.78, 5) is 79.6. The van der Waals surface area contributed by atoms with Crippen molar-refractivity contribution in [2.75, 3.05) is 45.7 Å². The van der Waals surface area contributed by atoms with Crippen molar-refractivity contribution in [2.24, 2.45) is 0 Å². The lowest BCUT2D eigenvalue weighted by molar-refractivity contribution is -0.159. The molecule has 0 aliphatic heterocycles. The molecule has 528 valence electrons. The number of hydrogen-bond acceptors (Lipinski definition) is 14. The highest BCUT2D eigenvalue weighted by Gasteiger charge is 2.44. The van der Waals surface area contributed by atoms with E-state index in [1.165, 1.54) is 57.8 Å². The van der Waals surface area contributed by atoms with Crippen LogP contribution >= 0.6 is 19.2 Å². The molecule has 95 heavy (non-hydrogen) atoms. The van der Waals surface area contributed by atoms with Crippen molar-refractivity contribution < 1.29 is 66.1 Å². The van der Waals surface area contributed by atoms with Crippen molar-refractivity contribution in [3.8, 4) is 0 Å². The lowest BCUT2D eigenvalue weighted by atomic mass is 9.80. The Hall–Kier alpha value is -6.14. The number of halogens is 1. The molecular formula is C75H112ClN4O14P. The molecule has 4 aromatic rings. The molecule has 0 saturated heterocycles. The molecule has 0 fully saturated rings. The van der Waals surface area contributed by atoms with Gasteiger partial charge in [0.05, 0.1) is 37.2 Å². The van der Waals surface area contributed by atoms with Crippen LogP contribution in [0.15, 0.2) is 115 Å². The highest BCUT2D eigenvalue weighted by molar-refractivity contribution is 7.53. The lowest BCUT2D eigenvalue weighted by Gasteiger charge is -2.37. The number of benzene rings is 4. The minimum atomic E-state index is -3.16. The summed E-state index contributed by atoms with van der Waals surface area (Å²) in [7, 11) is -3.16. The maximum Gasteiger partial charge on any atom is 0.408 e. The van der Waals surface area contributed by atoms with E-state index in [0.717, 1.165) is 44.1 Å². The zero-order valence-corrected chi connectivity index (χ0v) is 60.0. The molecule has 0 aliphatic carbocycles. The number of rotatable bonds is 47. The zero-order chi connectivity index (χ0) is 69.4. The van der Waals surface area contributed by atoms with Crippen molar-refractivity contribution in [3.05, 3.63) is 143 Å². The maximum absolute atomic E-state index is 14.6. The fourth-order valence-corrected chi connectivity index (χ4v) is 13.6. The van der Waals surface area contributed by atoms with E-state index in [0.29, 0.717) is 47.1 Å². The largest absolute Gasteiger partial charge is 0.458 e. The van der Waals surface area contributed by atoms with Gasteiger partial charge in [0.1, 0.15) is 30.9 Å². The summed E-state index contributed by atoms with van der Waals surface area (Å²) in [6.07, 6.45) is 19.0. The summed E-state index contributed by atoms with van der Waals surface area (Å²) >= 11 is 6.90. The van der Waals surface area contributed by atoms with Crippen LogP contribution in [0.3, 0.4) is 0 Å². The highest BCUT2D eigenvalue weighted by Crippen LogP contribution is 2.55. The molecular weight excluding hydrogens is 1250 g/mol. The molecule has 4 aromatic carbocycles. The summed E-state index contributed by atoms with van der Waals surface area (Å²) in [5.74, 6) is -2.20. The molecule has 0 spiro atoms. The molecule has 4 rings (SSSR count). The predicted octanol–water partition coefficient (Wildman–Crippen LogP) is 16.0. The van der Waals surface area contributed by atoms with Crippen LogP contribution in [0.2, 0.25) is 5.02 Å². The van der Waals surface area contributed by atoms with Gasteiger partial charge in [0.15, 0.2) is 5.60 Å². The minimum absolute atomic E-state index is 0.0109. The average molecular weight is 1360 g/mol. The van der Waals surface area contributed by atoms with Gasteiger partial charge in [0.2, 0.25) is 17.7 Å². The monoisotopic (exact) mass is 1360 g/mol. The minimum Gasteiger partial charge on any atom is -0.458 e. The number of alkyl carbamates (subject to hydrolysis) is 1. The summed E-state index contributed by atoms with van der Waals surface area (Å²) in [5, 5.41) is 11.5. The SMILES string of the molecule is CC(C)(C)OC(=O)[C@H](CCC(=O)NCCOCCOCC(=O)NCCCC[C@H](NC(=O)OCc1ccccc1)C(=O)OC(c1ccccc1)(c1ccccc1)c1ccccc1Cl)NC(=O)CCCCCCCCCCCCCCCCCCP(=O)(OC(C)(C)C)OC(C)(C)C. The van der Waals surface area contributed by atoms with Crippen LogP contribution in [0.4, 0.5) is 4.79 Å². The second-order valence-electron chi connectivity index (χ2n) is 27.3. The first-order chi connectivity index (χ1) is 45.3. The first kappa shape index (κ1) is 81.3.